The first kappa shape index (κ1) is 17.0. The molecule has 2 aromatic rings. The van der Waals surface area contributed by atoms with E-state index < -0.39 is 22.4 Å². The fourth-order valence-corrected chi connectivity index (χ4v) is 1.70. The van der Waals surface area contributed by atoms with E-state index in [0.717, 1.165) is 12.4 Å². The van der Waals surface area contributed by atoms with Crippen LogP contribution in [0.25, 0.3) is 5.69 Å². The summed E-state index contributed by atoms with van der Waals surface area (Å²) in [5.74, 6) is 0. The van der Waals surface area contributed by atoms with Crippen LogP contribution in [0.4, 0.5) is 0 Å². The van der Waals surface area contributed by atoms with Crippen LogP contribution in [0, 0.1) is 0 Å². The summed E-state index contributed by atoms with van der Waals surface area (Å²) < 4.78 is 0.597. The van der Waals surface area contributed by atoms with Gasteiger partial charge in [0.25, 0.3) is 16.7 Å². The molecule has 9 heteroatoms. The van der Waals surface area contributed by atoms with Gasteiger partial charge in [-0.25, -0.2) is 14.4 Å². The van der Waals surface area contributed by atoms with Gasteiger partial charge < -0.3 is 4.98 Å². The van der Waals surface area contributed by atoms with E-state index in [1.54, 1.807) is 0 Å². The molecular formula is C13H15N5O4. The Kier molecular flexibility index (Phi) is 5.44. The lowest BCUT2D eigenvalue weighted by Crippen LogP contribution is -2.37. The Morgan fingerprint density at radius 2 is 1.73 bits per heavy atom. The molecule has 22 heavy (non-hydrogen) atoms. The molecular weight excluding hydrogens is 290 g/mol. The third-order valence-electron chi connectivity index (χ3n) is 2.52. The summed E-state index contributed by atoms with van der Waals surface area (Å²) in [5, 5.41) is -0.390. The molecule has 2 rings (SSSR count). The summed E-state index contributed by atoms with van der Waals surface area (Å²) in [7, 11) is 1.32. The number of hydrogen-bond donors (Lipinski definition) is 2. The molecule has 0 aliphatic carbocycles. The van der Waals surface area contributed by atoms with Gasteiger partial charge in [-0.1, -0.05) is 20.4 Å². The van der Waals surface area contributed by atoms with Crippen LogP contribution in [0.2, 0.25) is 0 Å². The lowest BCUT2D eigenvalue weighted by atomic mass is 10.5. The van der Waals surface area contributed by atoms with E-state index in [2.05, 4.69) is 21.5 Å². The number of aromatic nitrogens is 3. The van der Waals surface area contributed by atoms with Gasteiger partial charge in [0.05, 0.1) is 0 Å². The van der Waals surface area contributed by atoms with Gasteiger partial charge in [0, 0.05) is 19.4 Å². The average molecular weight is 305 g/mol. The molecule has 0 amide bonds. The lowest BCUT2D eigenvalue weighted by Gasteiger charge is -1.96. The highest BCUT2D eigenvalue weighted by Gasteiger charge is 2.15. The number of hydrogen-bond acceptors (Lipinski definition) is 6. The van der Waals surface area contributed by atoms with Crippen molar-refractivity contribution in [3.05, 3.63) is 71.2 Å². The molecule has 0 aliphatic rings. The van der Waals surface area contributed by atoms with Crippen LogP contribution in [0.3, 0.4) is 0 Å². The molecule has 2 heterocycles. The van der Waals surface area contributed by atoms with Crippen molar-refractivity contribution in [3.63, 3.8) is 0 Å². The molecule has 0 radical (unpaired) electrons. The minimum absolute atomic E-state index is 0.180. The zero-order chi connectivity index (χ0) is 16.9. The van der Waals surface area contributed by atoms with E-state index in [4.69, 9.17) is 0 Å². The summed E-state index contributed by atoms with van der Waals surface area (Å²) in [5.41, 5.74) is -3.54. The quantitative estimate of drug-likeness (QED) is 0.668. The first-order valence-electron chi connectivity index (χ1n) is 6.38. The minimum atomic E-state index is -0.870. The first-order chi connectivity index (χ1) is 10.5. The Labute approximate surface area is 123 Å². The van der Waals surface area contributed by atoms with Crippen molar-refractivity contribution in [2.24, 2.45) is 9.98 Å². The maximum atomic E-state index is 12.1. The largest absolute Gasteiger partial charge is 0.325 e. The molecule has 2 aromatic heterocycles. The number of aromatic amines is 2. The van der Waals surface area contributed by atoms with E-state index in [1.807, 2.05) is 18.8 Å². The van der Waals surface area contributed by atoms with Gasteiger partial charge in [0.15, 0.2) is 10.7 Å². The third kappa shape index (κ3) is 2.82. The molecule has 0 aliphatic heterocycles. The fraction of sp³-hybridized carbons (Fsp3) is 0.231. The van der Waals surface area contributed by atoms with Crippen molar-refractivity contribution in [2.45, 2.75) is 13.8 Å². The number of nitrogens with zero attached hydrogens (tertiary/aromatic N) is 3. The highest BCUT2D eigenvalue weighted by atomic mass is 16.2. The smallest absolute Gasteiger partial charge is 0.312 e. The average Bonchev–Trinajstić information content (AvgIpc) is 2.73. The molecule has 0 bridgehead atoms. The van der Waals surface area contributed by atoms with Crippen LogP contribution in [0.5, 0.6) is 0 Å². The minimum Gasteiger partial charge on any atom is -0.312 e. The highest BCUT2D eigenvalue weighted by Crippen LogP contribution is 1.84. The second-order valence-electron chi connectivity index (χ2n) is 3.64. The molecule has 0 saturated carbocycles. The maximum Gasteiger partial charge on any atom is 0.325 e. The SMILES string of the molecule is C=CN=c1c(=NC)c(=O)n(-c2c[nH]c(=O)[nH]c2=O)c1=O.CC. The molecule has 0 fully saturated rings. The van der Waals surface area contributed by atoms with E-state index in [9.17, 15) is 19.2 Å². The predicted octanol–water partition coefficient (Wildman–Crippen LogP) is -1.95. The second-order valence-corrected chi connectivity index (χ2v) is 3.64. The zero-order valence-corrected chi connectivity index (χ0v) is 12.3. The van der Waals surface area contributed by atoms with Gasteiger partial charge in [-0.3, -0.25) is 24.4 Å². The van der Waals surface area contributed by atoms with Crippen LogP contribution in [-0.2, 0) is 0 Å². The van der Waals surface area contributed by atoms with Crippen LogP contribution in [-0.4, -0.2) is 21.6 Å². The Morgan fingerprint density at radius 3 is 2.23 bits per heavy atom. The summed E-state index contributed by atoms with van der Waals surface area (Å²) >= 11 is 0. The van der Waals surface area contributed by atoms with Gasteiger partial charge >= 0.3 is 5.69 Å². The zero-order valence-electron chi connectivity index (χ0n) is 12.3. The topological polar surface area (TPSA) is 130 Å². The first-order valence-corrected chi connectivity index (χ1v) is 6.38. The monoisotopic (exact) mass is 305 g/mol. The molecule has 0 unspecified atom stereocenters. The van der Waals surface area contributed by atoms with Crippen LogP contribution in [0.1, 0.15) is 13.8 Å². The molecule has 0 atom stereocenters. The lowest BCUT2D eigenvalue weighted by molar-refractivity contribution is 0.902. The Morgan fingerprint density at radius 1 is 1.14 bits per heavy atom. The van der Waals surface area contributed by atoms with Crippen molar-refractivity contribution in [2.75, 3.05) is 7.05 Å². The number of nitrogens with one attached hydrogen (secondary N) is 2. The number of rotatable bonds is 2. The van der Waals surface area contributed by atoms with Crippen LogP contribution < -0.4 is 33.1 Å². The van der Waals surface area contributed by atoms with E-state index >= 15 is 0 Å². The highest BCUT2D eigenvalue weighted by molar-refractivity contribution is 5.25. The van der Waals surface area contributed by atoms with Gasteiger partial charge in [-0.05, 0) is 0 Å². The second kappa shape index (κ2) is 7.07. The van der Waals surface area contributed by atoms with E-state index in [0.29, 0.717) is 4.57 Å². The van der Waals surface area contributed by atoms with Crippen molar-refractivity contribution in [3.8, 4) is 5.69 Å². The summed E-state index contributed by atoms with van der Waals surface area (Å²) in [6.45, 7) is 7.34. The summed E-state index contributed by atoms with van der Waals surface area (Å²) in [6, 6.07) is 0. The number of H-pyrrole nitrogens is 2. The molecule has 2 N–H and O–H groups in total. The normalized spacial score (nSPS) is 12.0. The van der Waals surface area contributed by atoms with Crippen LogP contribution in [0.15, 0.2) is 48.1 Å². The molecule has 0 spiro atoms. The van der Waals surface area contributed by atoms with Gasteiger partial charge in [0.1, 0.15) is 5.69 Å². The van der Waals surface area contributed by atoms with Crippen LogP contribution >= 0.6 is 0 Å². The fourth-order valence-electron chi connectivity index (χ4n) is 1.70. The van der Waals surface area contributed by atoms with E-state index in [-0.39, 0.29) is 16.4 Å². The summed E-state index contributed by atoms with van der Waals surface area (Å²) in [6.07, 6.45) is 2.06. The molecule has 116 valence electrons. The molecule has 0 aromatic carbocycles. The predicted molar refractivity (Wildman–Crippen MR) is 80.5 cm³/mol. The molecule has 9 nitrogen and oxygen atoms in total. The Bertz CT molecular complexity index is 1010. The van der Waals surface area contributed by atoms with Gasteiger partial charge in [-0.15, -0.1) is 0 Å². The third-order valence-corrected chi connectivity index (χ3v) is 2.52. The van der Waals surface area contributed by atoms with Gasteiger partial charge in [-0.2, -0.15) is 0 Å². The molecule has 0 saturated heterocycles. The van der Waals surface area contributed by atoms with Crippen molar-refractivity contribution < 1.29 is 0 Å². The maximum absolute atomic E-state index is 12.1. The van der Waals surface area contributed by atoms with Crippen molar-refractivity contribution in [1.29, 1.82) is 0 Å². The summed E-state index contributed by atoms with van der Waals surface area (Å²) in [4.78, 5) is 58.3. The Hall–Kier alpha value is -3.10. The van der Waals surface area contributed by atoms with Crippen molar-refractivity contribution in [1.82, 2.24) is 14.5 Å². The standard InChI is InChI=1S/C11H9N5O4.C2H6/c1-3-13-7-6(12-2)9(18)16(10(7)19)5-4-14-11(20)15-8(5)17;1-2/h3-4H,1H2,2H3,(H2,14,15,17,20);1-2H3. The Balaban J connectivity index is 0.00000116. The van der Waals surface area contributed by atoms with E-state index in [1.165, 1.54) is 7.05 Å². The van der Waals surface area contributed by atoms with Gasteiger partial charge in [0.2, 0.25) is 0 Å². The van der Waals surface area contributed by atoms with Crippen molar-refractivity contribution >= 4 is 0 Å².